The highest BCUT2D eigenvalue weighted by Gasteiger charge is 2.60. The number of halogens is 4. The normalized spacial score (nSPS) is 18.1. The van der Waals surface area contributed by atoms with Crippen LogP contribution in [0, 0.1) is 22.9 Å². The summed E-state index contributed by atoms with van der Waals surface area (Å²) >= 11 is 5.74. The topological polar surface area (TPSA) is 78.5 Å². The lowest BCUT2D eigenvalue weighted by Gasteiger charge is -2.20. The third kappa shape index (κ3) is 4.69. The number of anilines is 2. The Balaban J connectivity index is 1.41. The summed E-state index contributed by atoms with van der Waals surface area (Å²) in [4.78, 5) is 27.1. The molecule has 38 heavy (non-hydrogen) atoms. The van der Waals surface area contributed by atoms with Crippen LogP contribution in [0.5, 0.6) is 0 Å². The highest BCUT2D eigenvalue weighted by molar-refractivity contribution is 7.70. The number of nitrogens with zero attached hydrogens (tertiary/aromatic N) is 1. The molecule has 1 saturated heterocycles. The lowest BCUT2D eigenvalue weighted by Crippen LogP contribution is -2.46. The van der Waals surface area contributed by atoms with Crippen molar-refractivity contribution >= 4 is 47.4 Å². The van der Waals surface area contributed by atoms with Crippen molar-refractivity contribution in [1.29, 1.82) is 0 Å². The molecule has 1 saturated carbocycles. The summed E-state index contributed by atoms with van der Waals surface area (Å²) in [6, 6.07) is 11.2. The van der Waals surface area contributed by atoms with Crippen molar-refractivity contribution < 1.29 is 27.3 Å². The fourth-order valence-electron chi connectivity index (χ4n) is 4.93. The first kappa shape index (κ1) is 26.3. The maximum absolute atomic E-state index is 15.4. The summed E-state index contributed by atoms with van der Waals surface area (Å²) in [6.07, 6.45) is 1.21. The minimum absolute atomic E-state index is 0.0578. The van der Waals surface area contributed by atoms with Crippen LogP contribution >= 0.6 is 18.7 Å². The molecule has 1 aliphatic carbocycles. The van der Waals surface area contributed by atoms with Crippen LogP contribution in [0.3, 0.4) is 0 Å². The third-order valence-electron chi connectivity index (χ3n) is 7.07. The van der Waals surface area contributed by atoms with E-state index >= 15 is 8.78 Å². The molecule has 0 bridgehead atoms. The van der Waals surface area contributed by atoms with E-state index in [-0.39, 0.29) is 28.5 Å². The zero-order valence-electron chi connectivity index (χ0n) is 20.5. The Morgan fingerprint density at radius 1 is 1.03 bits per heavy atom. The van der Waals surface area contributed by atoms with Gasteiger partial charge in [-0.05, 0) is 62.1 Å². The maximum Gasteiger partial charge on any atom is 0.319 e. The first-order valence-corrected chi connectivity index (χ1v) is 14.9. The van der Waals surface area contributed by atoms with Crippen molar-refractivity contribution in [2.45, 2.75) is 18.9 Å². The minimum Gasteiger partial charge on any atom is -0.325 e. The molecular weight excluding hydrogens is 538 g/mol. The van der Waals surface area contributed by atoms with Crippen LogP contribution in [0.2, 0.25) is 5.02 Å². The van der Waals surface area contributed by atoms with Gasteiger partial charge in [0.05, 0.1) is 11.4 Å². The van der Waals surface area contributed by atoms with Gasteiger partial charge in [0.15, 0.2) is 11.6 Å². The Hall–Kier alpha value is -3.29. The second kappa shape index (κ2) is 9.47. The van der Waals surface area contributed by atoms with Gasteiger partial charge in [-0.1, -0.05) is 35.9 Å². The molecule has 2 fully saturated rings. The molecule has 198 valence electrons. The number of amides is 3. The number of rotatable bonds is 5. The molecule has 1 aliphatic heterocycles. The second-order valence-electron chi connectivity index (χ2n) is 10.1. The molecule has 2 N–H and O–H groups in total. The molecule has 1 spiro atoms. The van der Waals surface area contributed by atoms with E-state index in [1.165, 1.54) is 24.3 Å². The Kier molecular flexibility index (Phi) is 6.56. The van der Waals surface area contributed by atoms with Gasteiger partial charge in [-0.3, -0.25) is 4.79 Å². The number of hydrogen-bond donors (Lipinski definition) is 2. The van der Waals surface area contributed by atoms with Gasteiger partial charge in [0, 0.05) is 27.9 Å². The van der Waals surface area contributed by atoms with Crippen molar-refractivity contribution in [3.05, 3.63) is 77.1 Å². The number of benzene rings is 3. The smallest absolute Gasteiger partial charge is 0.319 e. The van der Waals surface area contributed by atoms with E-state index < -0.39 is 48.0 Å². The highest BCUT2D eigenvalue weighted by Crippen LogP contribution is 2.54. The van der Waals surface area contributed by atoms with Gasteiger partial charge in [-0.15, -0.1) is 0 Å². The average molecular weight is 562 g/mol. The van der Waals surface area contributed by atoms with Gasteiger partial charge in [0.1, 0.15) is 19.0 Å². The lowest BCUT2D eigenvalue weighted by molar-refractivity contribution is -0.119. The van der Waals surface area contributed by atoms with Crippen molar-refractivity contribution in [2.24, 2.45) is 5.41 Å². The Morgan fingerprint density at radius 2 is 1.74 bits per heavy atom. The van der Waals surface area contributed by atoms with E-state index in [4.69, 9.17) is 11.6 Å². The predicted octanol–water partition coefficient (Wildman–Crippen LogP) is 5.99. The fraction of sp³-hybridized carbons (Fsp3) is 0.259. The third-order valence-corrected chi connectivity index (χ3v) is 8.86. The molecule has 1 unspecified atom stereocenters. The van der Waals surface area contributed by atoms with Gasteiger partial charge >= 0.3 is 6.03 Å². The quantitative estimate of drug-likeness (QED) is 0.376. The molecule has 5 rings (SSSR count). The number of hydrogen-bond acceptors (Lipinski definition) is 3. The van der Waals surface area contributed by atoms with Crippen LogP contribution in [-0.4, -0.2) is 37.9 Å². The monoisotopic (exact) mass is 561 g/mol. The van der Waals surface area contributed by atoms with Crippen molar-refractivity contribution in [3.8, 4) is 11.1 Å². The zero-order chi connectivity index (χ0) is 27.4. The number of urea groups is 1. The Bertz CT molecular complexity index is 1520. The van der Waals surface area contributed by atoms with Crippen molar-refractivity contribution in [3.63, 3.8) is 0 Å². The minimum atomic E-state index is -2.79. The van der Waals surface area contributed by atoms with Gasteiger partial charge in [0.2, 0.25) is 5.91 Å². The van der Waals surface area contributed by atoms with E-state index in [9.17, 15) is 18.5 Å². The zero-order valence-corrected chi connectivity index (χ0v) is 22.2. The van der Waals surface area contributed by atoms with Gasteiger partial charge < -0.3 is 20.1 Å². The highest BCUT2D eigenvalue weighted by atomic mass is 35.5. The molecule has 1 heterocycles. The Morgan fingerprint density at radius 3 is 2.39 bits per heavy atom. The average Bonchev–Trinajstić information content (AvgIpc) is 3.59. The molecule has 0 aromatic heterocycles. The molecule has 6 nitrogen and oxygen atoms in total. The second-order valence-corrected chi connectivity index (χ2v) is 13.7. The summed E-state index contributed by atoms with van der Waals surface area (Å²) in [5.41, 5.74) is -0.729. The molecule has 11 heteroatoms. The summed E-state index contributed by atoms with van der Waals surface area (Å²) in [7, 11) is -2.79. The number of nitrogens with one attached hydrogen (secondary N) is 2. The maximum atomic E-state index is 15.4. The summed E-state index contributed by atoms with van der Waals surface area (Å²) < 4.78 is 57.7. The van der Waals surface area contributed by atoms with Crippen molar-refractivity contribution in [1.82, 2.24) is 5.32 Å². The SMILES string of the molecule is CP(C)(=O)c1ccccc1-c1ccc(N2CC3(CC3)C(NC(=O)Nc3ccc(Cl)cc3F)C2=O)c(F)c1F. The first-order chi connectivity index (χ1) is 17.9. The van der Waals surface area contributed by atoms with E-state index in [0.717, 1.165) is 11.0 Å². The summed E-state index contributed by atoms with van der Waals surface area (Å²) in [6.45, 7) is 3.20. The van der Waals surface area contributed by atoms with E-state index in [1.807, 2.05) is 0 Å². The molecule has 1 atom stereocenters. The molecule has 3 aromatic carbocycles. The van der Waals surface area contributed by atoms with E-state index in [2.05, 4.69) is 10.6 Å². The van der Waals surface area contributed by atoms with Gasteiger partial charge in [0.25, 0.3) is 0 Å². The largest absolute Gasteiger partial charge is 0.325 e. The van der Waals surface area contributed by atoms with E-state index in [0.29, 0.717) is 23.7 Å². The summed E-state index contributed by atoms with van der Waals surface area (Å²) in [5.74, 6) is -3.70. The van der Waals surface area contributed by atoms with Crippen LogP contribution in [0.15, 0.2) is 54.6 Å². The standard InChI is InChI=1S/C27H24ClF3N3O3P/c1-38(2,37)21-6-4-3-5-16(21)17-8-10-20(23(31)22(17)30)34-14-27(11-12-27)24(25(34)35)33-26(36)32-19-9-7-15(28)13-18(19)29/h3-10,13,24H,11-12,14H2,1-2H3,(H2,32,33,36). The van der Waals surface area contributed by atoms with Gasteiger partial charge in [-0.2, -0.15) is 0 Å². The first-order valence-electron chi connectivity index (χ1n) is 11.9. The van der Waals surface area contributed by atoms with Crippen LogP contribution < -0.4 is 20.8 Å². The molecule has 3 aromatic rings. The van der Waals surface area contributed by atoms with Crippen LogP contribution in [0.25, 0.3) is 11.1 Å². The number of carbonyl (C=O) groups is 2. The molecular formula is C27H24ClF3N3O3P. The fourth-order valence-corrected chi connectivity index (χ4v) is 6.31. The van der Waals surface area contributed by atoms with Crippen molar-refractivity contribution in [2.75, 3.05) is 30.1 Å². The van der Waals surface area contributed by atoms with Crippen LogP contribution in [0.4, 0.5) is 29.3 Å². The molecule has 0 radical (unpaired) electrons. The summed E-state index contributed by atoms with van der Waals surface area (Å²) in [5, 5.41) is 5.52. The van der Waals surface area contributed by atoms with Gasteiger partial charge in [-0.25, -0.2) is 18.0 Å². The predicted molar refractivity (Wildman–Crippen MR) is 142 cm³/mol. The lowest BCUT2D eigenvalue weighted by atomic mass is 10.0. The molecule has 3 amide bonds. The number of carbonyl (C=O) groups excluding carboxylic acids is 2. The van der Waals surface area contributed by atoms with E-state index in [1.54, 1.807) is 37.6 Å². The Labute approximate surface area is 222 Å². The van der Waals surface area contributed by atoms with Crippen LogP contribution in [0.1, 0.15) is 12.8 Å². The van der Waals surface area contributed by atoms with Crippen LogP contribution in [-0.2, 0) is 9.36 Å². The molecule has 2 aliphatic rings.